The van der Waals surface area contributed by atoms with Crippen molar-refractivity contribution in [3.63, 3.8) is 0 Å². The molecule has 0 aliphatic carbocycles. The molecule has 0 saturated carbocycles. The van der Waals surface area contributed by atoms with Crippen LogP contribution in [0.2, 0.25) is 0 Å². The Morgan fingerprint density at radius 1 is 1.48 bits per heavy atom. The Hall–Kier alpha value is -2.55. The van der Waals surface area contributed by atoms with Crippen LogP contribution in [0.1, 0.15) is 10.7 Å². The third-order valence-corrected chi connectivity index (χ3v) is 4.44. The van der Waals surface area contributed by atoms with Gasteiger partial charge in [0.25, 0.3) is 5.56 Å². The maximum Gasteiger partial charge on any atom is 0.288 e. The quantitative estimate of drug-likeness (QED) is 0.584. The van der Waals surface area contributed by atoms with Crippen molar-refractivity contribution in [1.29, 1.82) is 0 Å². The average Bonchev–Trinajstić information content (AvgIpc) is 3.11. The number of thiazole rings is 1. The summed E-state index contributed by atoms with van der Waals surface area (Å²) >= 11 is 1.42. The molecule has 0 unspecified atom stereocenters. The van der Waals surface area contributed by atoms with Crippen molar-refractivity contribution in [3.8, 4) is 0 Å². The molecule has 0 bridgehead atoms. The maximum atomic E-state index is 13.4. The lowest BCUT2D eigenvalue weighted by Crippen LogP contribution is -2.10. The van der Waals surface area contributed by atoms with E-state index < -0.39 is 0 Å². The van der Waals surface area contributed by atoms with Crippen molar-refractivity contribution in [2.75, 3.05) is 0 Å². The van der Waals surface area contributed by atoms with Crippen LogP contribution in [0.15, 0.2) is 17.2 Å². The molecule has 7 nitrogen and oxygen atoms in total. The first-order chi connectivity index (χ1) is 10.1. The number of aryl methyl sites for hydroxylation is 1. The van der Waals surface area contributed by atoms with Crippen molar-refractivity contribution >= 4 is 32.6 Å². The zero-order chi connectivity index (χ0) is 14.6. The van der Waals surface area contributed by atoms with Crippen LogP contribution in [0.25, 0.3) is 21.3 Å². The summed E-state index contributed by atoms with van der Waals surface area (Å²) in [6.45, 7) is 0. The first kappa shape index (κ1) is 12.2. The van der Waals surface area contributed by atoms with Gasteiger partial charge in [0.05, 0.1) is 17.1 Å². The number of aromatic amines is 2. The molecule has 0 saturated heterocycles. The molecule has 2 N–H and O–H groups in total. The van der Waals surface area contributed by atoms with Crippen LogP contribution in [0.3, 0.4) is 0 Å². The summed E-state index contributed by atoms with van der Waals surface area (Å²) in [6, 6.07) is 0. The van der Waals surface area contributed by atoms with Gasteiger partial charge in [0.15, 0.2) is 11.5 Å². The molecule has 0 atom stereocenters. The molecule has 4 aromatic rings. The van der Waals surface area contributed by atoms with Gasteiger partial charge in [-0.05, 0) is 0 Å². The number of hydrogen-bond donors (Lipinski definition) is 2. The predicted molar refractivity (Wildman–Crippen MR) is 75.9 cm³/mol. The van der Waals surface area contributed by atoms with Gasteiger partial charge in [0, 0.05) is 18.9 Å². The van der Waals surface area contributed by atoms with Crippen LogP contribution in [0.5, 0.6) is 0 Å². The topological polar surface area (TPSA) is 92.2 Å². The molecular formula is C12H9FN6OS. The third kappa shape index (κ3) is 1.70. The third-order valence-electron chi connectivity index (χ3n) is 3.37. The summed E-state index contributed by atoms with van der Waals surface area (Å²) in [5.41, 5.74) is 1.31. The minimum Gasteiger partial charge on any atom is -0.323 e. The number of H-pyrrole nitrogens is 2. The van der Waals surface area contributed by atoms with Crippen LogP contribution >= 0.6 is 11.3 Å². The number of rotatable bonds is 2. The highest BCUT2D eigenvalue weighted by Gasteiger charge is 2.17. The van der Waals surface area contributed by atoms with Gasteiger partial charge in [-0.1, -0.05) is 0 Å². The molecule has 0 aliphatic heterocycles. The summed E-state index contributed by atoms with van der Waals surface area (Å²) in [4.78, 5) is 16.3. The van der Waals surface area contributed by atoms with E-state index >= 15 is 0 Å². The Kier molecular flexibility index (Phi) is 2.45. The minimum absolute atomic E-state index is 0.250. The van der Waals surface area contributed by atoms with Crippen molar-refractivity contribution in [2.45, 2.75) is 6.42 Å². The Bertz CT molecular complexity index is 1030. The van der Waals surface area contributed by atoms with Crippen molar-refractivity contribution < 1.29 is 4.39 Å². The summed E-state index contributed by atoms with van der Waals surface area (Å²) in [7, 11) is 1.78. The van der Waals surface area contributed by atoms with E-state index in [-0.39, 0.29) is 11.4 Å². The molecule has 4 heterocycles. The number of halogens is 1. The van der Waals surface area contributed by atoms with E-state index in [4.69, 9.17) is 0 Å². The smallest absolute Gasteiger partial charge is 0.288 e. The Labute approximate surface area is 120 Å². The fourth-order valence-electron chi connectivity index (χ4n) is 2.40. The minimum atomic E-state index is -0.378. The lowest BCUT2D eigenvalue weighted by molar-refractivity contribution is 0.614. The second-order valence-electron chi connectivity index (χ2n) is 4.64. The molecule has 106 valence electrons. The van der Waals surface area contributed by atoms with Gasteiger partial charge < -0.3 is 4.57 Å². The molecule has 0 amide bonds. The zero-order valence-corrected chi connectivity index (χ0v) is 11.7. The second-order valence-corrected chi connectivity index (χ2v) is 5.72. The van der Waals surface area contributed by atoms with Gasteiger partial charge in [-0.3, -0.25) is 9.89 Å². The summed E-state index contributed by atoms with van der Waals surface area (Å²) in [5, 5.41) is 14.1. The largest absolute Gasteiger partial charge is 0.323 e. The second kappa shape index (κ2) is 4.22. The van der Waals surface area contributed by atoms with Crippen LogP contribution in [-0.2, 0) is 13.5 Å². The molecule has 0 aromatic carbocycles. The standard InChI is InChI=1S/C12H9FN6OS/c1-19-9-5(3-14-18-12(9)20)10-11(19)16-8(21-10)2-7-6(13)4-15-17-7/h3-4H,2H2,1H3,(H,15,17)(H,18,20). The summed E-state index contributed by atoms with van der Waals surface area (Å²) in [5.74, 6) is -0.378. The highest BCUT2D eigenvalue weighted by molar-refractivity contribution is 7.19. The van der Waals surface area contributed by atoms with E-state index in [1.54, 1.807) is 17.8 Å². The zero-order valence-electron chi connectivity index (χ0n) is 10.8. The molecular weight excluding hydrogens is 295 g/mol. The molecule has 0 aliphatic rings. The SMILES string of the molecule is Cn1c2nc(Cc3n[nH]cc3F)sc2c2cn[nH]c(=O)c21. The highest BCUT2D eigenvalue weighted by Crippen LogP contribution is 2.31. The van der Waals surface area contributed by atoms with Crippen molar-refractivity contribution in [2.24, 2.45) is 7.05 Å². The molecule has 21 heavy (non-hydrogen) atoms. The normalized spacial score (nSPS) is 11.7. The Balaban J connectivity index is 1.91. The monoisotopic (exact) mass is 304 g/mol. The summed E-state index contributed by atoms with van der Waals surface area (Å²) in [6.07, 6.45) is 3.13. The van der Waals surface area contributed by atoms with Crippen molar-refractivity contribution in [3.05, 3.63) is 39.3 Å². The lowest BCUT2D eigenvalue weighted by atomic mass is 10.3. The first-order valence-electron chi connectivity index (χ1n) is 6.15. The fourth-order valence-corrected chi connectivity index (χ4v) is 3.51. The average molecular weight is 304 g/mol. The van der Waals surface area contributed by atoms with Gasteiger partial charge in [-0.15, -0.1) is 11.3 Å². The number of hydrogen-bond acceptors (Lipinski definition) is 5. The van der Waals surface area contributed by atoms with Crippen LogP contribution in [-0.4, -0.2) is 29.9 Å². The maximum absolute atomic E-state index is 13.4. The predicted octanol–water partition coefficient (Wildman–Crippen LogP) is 1.32. The Morgan fingerprint density at radius 3 is 3.10 bits per heavy atom. The van der Waals surface area contributed by atoms with Gasteiger partial charge >= 0.3 is 0 Å². The first-order valence-corrected chi connectivity index (χ1v) is 6.96. The lowest BCUT2D eigenvalue weighted by Gasteiger charge is -1.95. The molecule has 4 rings (SSSR count). The molecule has 0 spiro atoms. The Morgan fingerprint density at radius 2 is 2.33 bits per heavy atom. The van der Waals surface area contributed by atoms with E-state index in [0.717, 1.165) is 15.1 Å². The fraction of sp³-hybridized carbons (Fsp3) is 0.167. The van der Waals surface area contributed by atoms with Gasteiger partial charge in [0.1, 0.15) is 16.2 Å². The van der Waals surface area contributed by atoms with Crippen molar-refractivity contribution in [1.82, 2.24) is 29.9 Å². The number of aromatic nitrogens is 6. The van der Waals surface area contributed by atoms with Crippen LogP contribution in [0.4, 0.5) is 4.39 Å². The van der Waals surface area contributed by atoms with E-state index in [0.29, 0.717) is 23.3 Å². The van der Waals surface area contributed by atoms with Gasteiger partial charge in [-0.25, -0.2) is 14.5 Å². The number of fused-ring (bicyclic) bond motifs is 3. The molecule has 0 radical (unpaired) electrons. The number of nitrogens with zero attached hydrogens (tertiary/aromatic N) is 4. The van der Waals surface area contributed by atoms with Gasteiger partial charge in [-0.2, -0.15) is 10.2 Å². The van der Waals surface area contributed by atoms with E-state index in [1.807, 2.05) is 0 Å². The molecule has 4 aromatic heterocycles. The van der Waals surface area contributed by atoms with Crippen LogP contribution in [0, 0.1) is 5.82 Å². The van der Waals surface area contributed by atoms with E-state index in [2.05, 4.69) is 25.4 Å². The van der Waals surface area contributed by atoms with Gasteiger partial charge in [0.2, 0.25) is 0 Å². The molecule has 0 fully saturated rings. The summed E-state index contributed by atoms with van der Waals surface area (Å²) < 4.78 is 16.0. The van der Waals surface area contributed by atoms with E-state index in [1.165, 1.54) is 17.5 Å². The van der Waals surface area contributed by atoms with Crippen LogP contribution < -0.4 is 5.56 Å². The highest BCUT2D eigenvalue weighted by atomic mass is 32.1. The molecule has 9 heteroatoms. The number of nitrogens with one attached hydrogen (secondary N) is 2. The van der Waals surface area contributed by atoms with E-state index in [9.17, 15) is 9.18 Å².